The molecule has 0 spiro atoms. The molecule has 0 aromatic carbocycles. The molecule has 0 radical (unpaired) electrons. The van der Waals surface area contributed by atoms with Gasteiger partial charge < -0.3 is 16.0 Å². The van der Waals surface area contributed by atoms with Crippen LogP contribution in [0.4, 0.5) is 0 Å². The molecule has 0 saturated heterocycles. The molecule has 94 valence electrons. The Labute approximate surface area is 100 Å². The third-order valence-corrected chi connectivity index (χ3v) is 2.65. The second kappa shape index (κ2) is 6.20. The number of nitrogens with two attached hydrogens (primary N) is 1. The van der Waals surface area contributed by atoms with Gasteiger partial charge in [0.05, 0.1) is 5.56 Å². The van der Waals surface area contributed by atoms with Gasteiger partial charge in [-0.05, 0) is 24.9 Å². The van der Waals surface area contributed by atoms with Crippen LogP contribution in [0.25, 0.3) is 0 Å². The summed E-state index contributed by atoms with van der Waals surface area (Å²) < 4.78 is 0. The Balaban J connectivity index is 2.70. The molecule has 1 aromatic heterocycles. The van der Waals surface area contributed by atoms with Crippen LogP contribution in [0.2, 0.25) is 0 Å². The summed E-state index contributed by atoms with van der Waals surface area (Å²) in [6.07, 6.45) is 2.16. The van der Waals surface area contributed by atoms with Gasteiger partial charge in [0, 0.05) is 18.3 Å². The molecule has 4 N–H and O–H groups in total. The number of carbonyl (C=O) groups is 1. The largest absolute Gasteiger partial charge is 0.349 e. The second-order valence-electron chi connectivity index (χ2n) is 4.34. The maximum Gasteiger partial charge on any atom is 0.252 e. The highest BCUT2D eigenvalue weighted by Gasteiger charge is 2.16. The number of carbonyl (C=O) groups excluding carboxylic acids is 1. The third-order valence-electron chi connectivity index (χ3n) is 2.65. The molecular formula is C12H19N3O2. The highest BCUT2D eigenvalue weighted by atomic mass is 16.2. The van der Waals surface area contributed by atoms with Crippen molar-refractivity contribution in [1.82, 2.24) is 10.3 Å². The van der Waals surface area contributed by atoms with E-state index in [0.717, 1.165) is 6.42 Å². The normalized spacial score (nSPS) is 12.5. The van der Waals surface area contributed by atoms with E-state index in [1.165, 1.54) is 18.3 Å². The summed E-state index contributed by atoms with van der Waals surface area (Å²) in [5.41, 5.74) is 5.74. The average molecular weight is 237 g/mol. The number of amides is 1. The molecule has 1 atom stereocenters. The zero-order valence-electron chi connectivity index (χ0n) is 10.2. The highest BCUT2D eigenvalue weighted by Crippen LogP contribution is 2.06. The molecule has 0 aliphatic heterocycles. The molecule has 0 fully saturated rings. The highest BCUT2D eigenvalue weighted by molar-refractivity contribution is 5.94. The summed E-state index contributed by atoms with van der Waals surface area (Å²) in [5.74, 6) is 0.138. The number of hydrogen-bond acceptors (Lipinski definition) is 3. The van der Waals surface area contributed by atoms with E-state index in [-0.39, 0.29) is 17.5 Å². The van der Waals surface area contributed by atoms with Crippen molar-refractivity contribution in [3.8, 4) is 0 Å². The molecule has 1 amide bonds. The minimum absolute atomic E-state index is 0.0550. The van der Waals surface area contributed by atoms with Gasteiger partial charge in [-0.1, -0.05) is 13.8 Å². The van der Waals surface area contributed by atoms with Crippen molar-refractivity contribution in [3.05, 3.63) is 34.2 Å². The summed E-state index contributed by atoms with van der Waals surface area (Å²) in [4.78, 5) is 25.2. The van der Waals surface area contributed by atoms with Gasteiger partial charge in [-0.25, -0.2) is 0 Å². The molecule has 5 heteroatoms. The zero-order chi connectivity index (χ0) is 12.8. The summed E-state index contributed by atoms with van der Waals surface area (Å²) in [5, 5.41) is 2.91. The first kappa shape index (κ1) is 13.4. The van der Waals surface area contributed by atoms with Gasteiger partial charge in [-0.2, -0.15) is 0 Å². The van der Waals surface area contributed by atoms with Gasteiger partial charge in [0.1, 0.15) is 0 Å². The number of hydrogen-bond donors (Lipinski definition) is 3. The fourth-order valence-corrected chi connectivity index (χ4v) is 1.56. The molecule has 0 aliphatic carbocycles. The average Bonchev–Trinajstić information content (AvgIpc) is 2.29. The summed E-state index contributed by atoms with van der Waals surface area (Å²) in [7, 11) is 0. The molecule has 0 bridgehead atoms. The Hall–Kier alpha value is -1.62. The predicted octanol–water partition coefficient (Wildman–Crippen LogP) is 0.478. The van der Waals surface area contributed by atoms with Gasteiger partial charge in [-0.3, -0.25) is 9.59 Å². The van der Waals surface area contributed by atoms with Crippen molar-refractivity contribution < 1.29 is 4.79 Å². The monoisotopic (exact) mass is 237 g/mol. The maximum absolute atomic E-state index is 11.9. The van der Waals surface area contributed by atoms with E-state index in [4.69, 9.17) is 5.73 Å². The van der Waals surface area contributed by atoms with Crippen LogP contribution in [0, 0.1) is 5.92 Å². The van der Waals surface area contributed by atoms with E-state index in [1.807, 2.05) is 13.8 Å². The first-order valence-electron chi connectivity index (χ1n) is 5.74. The second-order valence-corrected chi connectivity index (χ2v) is 4.34. The van der Waals surface area contributed by atoms with E-state index in [0.29, 0.717) is 18.0 Å². The lowest BCUT2D eigenvalue weighted by Gasteiger charge is -2.21. The molecule has 0 saturated carbocycles. The fourth-order valence-electron chi connectivity index (χ4n) is 1.56. The number of nitrogens with one attached hydrogen (secondary N) is 2. The molecule has 0 aliphatic rings. The Morgan fingerprint density at radius 1 is 1.47 bits per heavy atom. The van der Waals surface area contributed by atoms with Crippen LogP contribution in [-0.2, 0) is 0 Å². The molecule has 1 heterocycles. The summed E-state index contributed by atoms with van der Waals surface area (Å²) in [6.45, 7) is 4.61. The van der Waals surface area contributed by atoms with Gasteiger partial charge in [0.15, 0.2) is 0 Å². The first-order valence-corrected chi connectivity index (χ1v) is 5.74. The number of H-pyrrole nitrogens is 1. The van der Waals surface area contributed by atoms with E-state index in [1.54, 1.807) is 0 Å². The molecule has 1 unspecified atom stereocenters. The summed E-state index contributed by atoms with van der Waals surface area (Å²) >= 11 is 0. The maximum atomic E-state index is 11.9. The SMILES string of the molecule is CC(C)C(CCN)NC(=O)c1ccc(=O)[nH]c1. The van der Waals surface area contributed by atoms with Crippen LogP contribution in [0.5, 0.6) is 0 Å². The minimum Gasteiger partial charge on any atom is -0.349 e. The Kier molecular flexibility index (Phi) is 4.90. The lowest BCUT2D eigenvalue weighted by atomic mass is 10.0. The zero-order valence-corrected chi connectivity index (χ0v) is 10.2. The van der Waals surface area contributed by atoms with Gasteiger partial charge >= 0.3 is 0 Å². The van der Waals surface area contributed by atoms with Crippen LogP contribution < -0.4 is 16.6 Å². The van der Waals surface area contributed by atoms with Crippen molar-refractivity contribution >= 4 is 5.91 Å². The summed E-state index contributed by atoms with van der Waals surface area (Å²) in [6, 6.07) is 2.90. The Morgan fingerprint density at radius 2 is 2.18 bits per heavy atom. The van der Waals surface area contributed by atoms with E-state index < -0.39 is 0 Å². The van der Waals surface area contributed by atoms with E-state index in [2.05, 4.69) is 10.3 Å². The smallest absolute Gasteiger partial charge is 0.252 e. The topological polar surface area (TPSA) is 88.0 Å². The quantitative estimate of drug-likeness (QED) is 0.696. The standard InChI is InChI=1S/C12H19N3O2/c1-8(2)10(5-6-13)15-12(17)9-3-4-11(16)14-7-9/h3-4,7-8,10H,5-6,13H2,1-2H3,(H,14,16)(H,15,17). The van der Waals surface area contributed by atoms with Gasteiger partial charge in [0.25, 0.3) is 5.91 Å². The van der Waals surface area contributed by atoms with Crippen molar-refractivity contribution in [2.24, 2.45) is 11.7 Å². The molecule has 5 nitrogen and oxygen atoms in total. The van der Waals surface area contributed by atoms with Crippen LogP contribution >= 0.6 is 0 Å². The number of aromatic amines is 1. The molecule has 1 aromatic rings. The minimum atomic E-state index is -0.219. The molecular weight excluding hydrogens is 218 g/mol. The number of rotatable bonds is 5. The van der Waals surface area contributed by atoms with E-state index >= 15 is 0 Å². The molecule has 1 rings (SSSR count). The Morgan fingerprint density at radius 3 is 2.65 bits per heavy atom. The fraction of sp³-hybridized carbons (Fsp3) is 0.500. The molecule has 17 heavy (non-hydrogen) atoms. The van der Waals surface area contributed by atoms with Crippen molar-refractivity contribution in [2.45, 2.75) is 26.3 Å². The Bertz CT molecular complexity index is 406. The van der Waals surface area contributed by atoms with Crippen molar-refractivity contribution in [1.29, 1.82) is 0 Å². The van der Waals surface area contributed by atoms with Crippen molar-refractivity contribution in [2.75, 3.05) is 6.54 Å². The van der Waals surface area contributed by atoms with Crippen LogP contribution in [0.3, 0.4) is 0 Å². The number of aromatic nitrogens is 1. The van der Waals surface area contributed by atoms with Crippen LogP contribution in [-0.4, -0.2) is 23.5 Å². The van der Waals surface area contributed by atoms with E-state index in [9.17, 15) is 9.59 Å². The van der Waals surface area contributed by atoms with Gasteiger partial charge in [-0.15, -0.1) is 0 Å². The van der Waals surface area contributed by atoms with Gasteiger partial charge in [0.2, 0.25) is 5.56 Å². The lowest BCUT2D eigenvalue weighted by molar-refractivity contribution is 0.0923. The van der Waals surface area contributed by atoms with Crippen LogP contribution in [0.1, 0.15) is 30.6 Å². The number of pyridine rings is 1. The van der Waals surface area contributed by atoms with Crippen LogP contribution in [0.15, 0.2) is 23.1 Å². The lowest BCUT2D eigenvalue weighted by Crippen LogP contribution is -2.40. The first-order chi connectivity index (χ1) is 8.04. The predicted molar refractivity (Wildman–Crippen MR) is 66.8 cm³/mol. The third kappa shape index (κ3) is 4.03. The van der Waals surface area contributed by atoms with Crippen molar-refractivity contribution in [3.63, 3.8) is 0 Å².